The summed E-state index contributed by atoms with van der Waals surface area (Å²) in [7, 11) is 4.44. The van der Waals surface area contributed by atoms with E-state index in [2.05, 4.69) is 29.2 Å². The van der Waals surface area contributed by atoms with Gasteiger partial charge in [-0.3, -0.25) is 9.69 Å². The van der Waals surface area contributed by atoms with E-state index in [1.807, 2.05) is 6.92 Å². The summed E-state index contributed by atoms with van der Waals surface area (Å²) < 4.78 is 0. The van der Waals surface area contributed by atoms with Crippen molar-refractivity contribution in [1.82, 2.24) is 15.1 Å². The number of primary amides is 1. The molecule has 0 radical (unpaired) electrons. The lowest BCUT2D eigenvalue weighted by atomic mass is 9.77. The van der Waals surface area contributed by atoms with Crippen molar-refractivity contribution in [2.75, 3.05) is 33.7 Å². The molecule has 0 aromatic carbocycles. The standard InChI is InChI=1S/C16H32N4O/c1-4-18-16(15(17)21)9-5-7-13(11-16)20(3)14-8-6-10-19(2)12-14/h13-14,18H,4-12H2,1-3H3,(H2,17,21). The third-order valence-electron chi connectivity index (χ3n) is 5.46. The van der Waals surface area contributed by atoms with E-state index in [-0.39, 0.29) is 5.91 Å². The van der Waals surface area contributed by atoms with Gasteiger partial charge in [-0.05, 0) is 65.7 Å². The van der Waals surface area contributed by atoms with Gasteiger partial charge in [-0.25, -0.2) is 0 Å². The molecule has 3 unspecified atom stereocenters. The van der Waals surface area contributed by atoms with Crippen LogP contribution in [0, 0.1) is 0 Å². The summed E-state index contributed by atoms with van der Waals surface area (Å²) in [5, 5.41) is 3.38. The molecular weight excluding hydrogens is 264 g/mol. The van der Waals surface area contributed by atoms with Crippen LogP contribution in [0.4, 0.5) is 0 Å². The first-order valence-electron chi connectivity index (χ1n) is 8.44. The Hall–Kier alpha value is -0.650. The van der Waals surface area contributed by atoms with Crippen molar-refractivity contribution in [2.45, 2.75) is 63.1 Å². The molecule has 0 spiro atoms. The maximum Gasteiger partial charge on any atom is 0.237 e. The summed E-state index contributed by atoms with van der Waals surface area (Å²) in [5.74, 6) is -0.178. The summed E-state index contributed by atoms with van der Waals surface area (Å²) in [6, 6.07) is 1.07. The summed E-state index contributed by atoms with van der Waals surface area (Å²) in [6.45, 7) is 5.19. The molecule has 0 aromatic heterocycles. The van der Waals surface area contributed by atoms with Gasteiger partial charge in [-0.2, -0.15) is 0 Å². The molecule has 1 aliphatic heterocycles. The molecule has 21 heavy (non-hydrogen) atoms. The van der Waals surface area contributed by atoms with Crippen LogP contribution in [0.25, 0.3) is 0 Å². The number of likely N-dealkylation sites (tertiary alicyclic amines) is 1. The third kappa shape index (κ3) is 3.76. The minimum atomic E-state index is -0.494. The van der Waals surface area contributed by atoms with Gasteiger partial charge in [-0.1, -0.05) is 6.92 Å². The van der Waals surface area contributed by atoms with Crippen molar-refractivity contribution in [2.24, 2.45) is 5.73 Å². The van der Waals surface area contributed by atoms with Gasteiger partial charge in [0, 0.05) is 18.6 Å². The highest BCUT2D eigenvalue weighted by atomic mass is 16.1. The molecule has 1 saturated carbocycles. The Morgan fingerprint density at radius 1 is 1.38 bits per heavy atom. The van der Waals surface area contributed by atoms with E-state index < -0.39 is 5.54 Å². The molecule has 1 aliphatic carbocycles. The molecule has 5 heteroatoms. The lowest BCUT2D eigenvalue weighted by Gasteiger charge is -2.46. The number of carbonyl (C=O) groups excluding carboxylic acids is 1. The Bertz CT molecular complexity index is 358. The van der Waals surface area contributed by atoms with Gasteiger partial charge in [0.25, 0.3) is 0 Å². The van der Waals surface area contributed by atoms with Gasteiger partial charge in [0.15, 0.2) is 0 Å². The Labute approximate surface area is 129 Å². The molecule has 3 atom stereocenters. The number of hydrogen-bond acceptors (Lipinski definition) is 4. The van der Waals surface area contributed by atoms with E-state index in [4.69, 9.17) is 5.73 Å². The van der Waals surface area contributed by atoms with Crippen molar-refractivity contribution in [3.8, 4) is 0 Å². The van der Waals surface area contributed by atoms with Gasteiger partial charge in [0.1, 0.15) is 0 Å². The van der Waals surface area contributed by atoms with E-state index >= 15 is 0 Å². The fourth-order valence-corrected chi connectivity index (χ4v) is 4.17. The topological polar surface area (TPSA) is 61.6 Å². The first kappa shape index (κ1) is 16.7. The van der Waals surface area contributed by atoms with Crippen LogP contribution in [0.5, 0.6) is 0 Å². The van der Waals surface area contributed by atoms with Gasteiger partial charge >= 0.3 is 0 Å². The van der Waals surface area contributed by atoms with E-state index in [1.54, 1.807) is 0 Å². The second-order valence-corrected chi connectivity index (χ2v) is 6.95. The summed E-state index contributed by atoms with van der Waals surface area (Å²) in [4.78, 5) is 16.9. The number of piperidine rings is 1. The monoisotopic (exact) mass is 296 g/mol. The van der Waals surface area contributed by atoms with Crippen LogP contribution >= 0.6 is 0 Å². The smallest absolute Gasteiger partial charge is 0.237 e. The molecule has 0 aromatic rings. The first-order chi connectivity index (χ1) is 9.98. The SMILES string of the molecule is CCNC1(C(N)=O)CCCC(N(C)C2CCCN(C)C2)C1. The first-order valence-corrected chi connectivity index (χ1v) is 8.44. The highest BCUT2D eigenvalue weighted by Crippen LogP contribution is 2.32. The molecule has 1 amide bonds. The van der Waals surface area contributed by atoms with Crippen molar-refractivity contribution < 1.29 is 4.79 Å². The second-order valence-electron chi connectivity index (χ2n) is 6.95. The van der Waals surface area contributed by atoms with Gasteiger partial charge < -0.3 is 16.0 Å². The highest BCUT2D eigenvalue weighted by molar-refractivity contribution is 5.84. The molecule has 2 aliphatic rings. The molecule has 122 valence electrons. The Morgan fingerprint density at radius 2 is 2.10 bits per heavy atom. The molecule has 2 rings (SSSR count). The zero-order valence-corrected chi connectivity index (χ0v) is 13.9. The number of carbonyl (C=O) groups is 1. The Balaban J connectivity index is 2.03. The molecule has 5 nitrogen and oxygen atoms in total. The molecule has 2 fully saturated rings. The van der Waals surface area contributed by atoms with Crippen molar-refractivity contribution >= 4 is 5.91 Å². The number of nitrogens with zero attached hydrogens (tertiary/aromatic N) is 2. The molecule has 0 bridgehead atoms. The maximum atomic E-state index is 12.0. The Morgan fingerprint density at radius 3 is 2.71 bits per heavy atom. The zero-order chi connectivity index (χ0) is 15.5. The van der Waals surface area contributed by atoms with Crippen LogP contribution in [-0.4, -0.2) is 67.1 Å². The minimum Gasteiger partial charge on any atom is -0.368 e. The molecule has 1 saturated heterocycles. The van der Waals surface area contributed by atoms with Crippen molar-refractivity contribution in [3.05, 3.63) is 0 Å². The quantitative estimate of drug-likeness (QED) is 0.787. The number of nitrogens with one attached hydrogen (secondary N) is 1. The molecular formula is C16H32N4O. The number of nitrogens with two attached hydrogens (primary N) is 1. The van der Waals surface area contributed by atoms with Crippen LogP contribution in [0.2, 0.25) is 0 Å². The average molecular weight is 296 g/mol. The molecule has 3 N–H and O–H groups in total. The van der Waals surface area contributed by atoms with Crippen LogP contribution in [0.1, 0.15) is 45.4 Å². The fraction of sp³-hybridized carbons (Fsp3) is 0.938. The summed E-state index contributed by atoms with van der Waals surface area (Å²) >= 11 is 0. The van der Waals surface area contributed by atoms with E-state index in [9.17, 15) is 4.79 Å². The van der Waals surface area contributed by atoms with E-state index in [0.717, 1.165) is 32.4 Å². The van der Waals surface area contributed by atoms with Crippen molar-refractivity contribution in [3.63, 3.8) is 0 Å². The minimum absolute atomic E-state index is 0.178. The second kappa shape index (κ2) is 7.07. The predicted molar refractivity (Wildman–Crippen MR) is 86.1 cm³/mol. The third-order valence-corrected chi connectivity index (χ3v) is 5.46. The van der Waals surface area contributed by atoms with E-state index in [0.29, 0.717) is 12.1 Å². The van der Waals surface area contributed by atoms with Crippen molar-refractivity contribution in [1.29, 1.82) is 0 Å². The lowest BCUT2D eigenvalue weighted by Crippen LogP contribution is -2.61. The lowest BCUT2D eigenvalue weighted by molar-refractivity contribution is -0.126. The number of rotatable bonds is 5. The van der Waals surface area contributed by atoms with Crippen LogP contribution in [0.15, 0.2) is 0 Å². The number of amides is 1. The highest BCUT2D eigenvalue weighted by Gasteiger charge is 2.42. The summed E-state index contributed by atoms with van der Waals surface area (Å²) in [5.41, 5.74) is 5.23. The maximum absolute atomic E-state index is 12.0. The Kier molecular flexibility index (Phi) is 5.63. The van der Waals surface area contributed by atoms with Crippen LogP contribution < -0.4 is 11.1 Å². The predicted octanol–water partition coefficient (Wildman–Crippen LogP) is 0.789. The zero-order valence-electron chi connectivity index (χ0n) is 13.9. The van der Waals surface area contributed by atoms with Crippen LogP contribution in [0.3, 0.4) is 0 Å². The number of hydrogen-bond donors (Lipinski definition) is 2. The normalized spacial score (nSPS) is 35.0. The largest absolute Gasteiger partial charge is 0.368 e. The molecule has 1 heterocycles. The van der Waals surface area contributed by atoms with Gasteiger partial charge in [-0.15, -0.1) is 0 Å². The fourth-order valence-electron chi connectivity index (χ4n) is 4.17. The van der Waals surface area contributed by atoms with E-state index in [1.165, 1.54) is 25.8 Å². The number of likely N-dealkylation sites (N-methyl/N-ethyl adjacent to an activating group) is 3. The average Bonchev–Trinajstić information content (AvgIpc) is 2.47. The van der Waals surface area contributed by atoms with Gasteiger partial charge in [0.2, 0.25) is 5.91 Å². The summed E-state index contributed by atoms with van der Waals surface area (Å²) in [6.07, 6.45) is 6.52. The van der Waals surface area contributed by atoms with Gasteiger partial charge in [0.05, 0.1) is 5.54 Å². The van der Waals surface area contributed by atoms with Crippen LogP contribution in [-0.2, 0) is 4.79 Å².